The predicted octanol–water partition coefficient (Wildman–Crippen LogP) is 11.6. The van der Waals surface area contributed by atoms with E-state index in [1.807, 2.05) is 0 Å². The van der Waals surface area contributed by atoms with Gasteiger partial charge in [-0.3, -0.25) is 27.3 Å². The first-order valence-corrected chi connectivity index (χ1v) is 37.1. The SMILES string of the molecule is COc1cc(N=Nc2ccc(N=Nc3ccc4cc(OCCCS(=O)(=O)O)cc(S(=O)(=O)O)c4c3)cc2OCCCS(=O)(=O)O)c(OC)cc1N=Nc1cc(OC)c(N=Nc2c(S(=O)(=O)O)cc3cc(-n4nc5ccc6c(S(=O)(=O)O)cc(S(=O)(=O)O)cc6c5n4)ccc3c2O)cc1OC. The average molecular weight is 1490 g/mol. The first kappa shape index (κ1) is 72.4. The molecule has 0 fully saturated rings. The average Bonchev–Trinajstić information content (AvgIpc) is 1.38. The number of ether oxygens (including phenoxy) is 6. The number of benzene rings is 9. The maximum Gasteiger partial charge on any atom is 0.296 e. The van der Waals surface area contributed by atoms with Gasteiger partial charge in [0.15, 0.2) is 5.75 Å². The number of rotatable bonds is 27. The van der Waals surface area contributed by atoms with Crippen LogP contribution < -0.4 is 28.4 Å². The van der Waals surface area contributed by atoms with Gasteiger partial charge in [-0.1, -0.05) is 12.1 Å². The van der Waals surface area contributed by atoms with Crippen molar-refractivity contribution in [1.82, 2.24) is 15.0 Å². The van der Waals surface area contributed by atoms with Crippen LogP contribution in [0.2, 0.25) is 0 Å². The molecule has 100 heavy (non-hydrogen) atoms. The molecule has 0 bridgehead atoms. The Kier molecular flexibility index (Phi) is 20.6. The summed E-state index contributed by atoms with van der Waals surface area (Å²) in [7, 11) is -23.6. The third-order valence-corrected chi connectivity index (χ3v) is 19.4. The molecule has 0 aliphatic heterocycles. The summed E-state index contributed by atoms with van der Waals surface area (Å²) in [6.07, 6.45) is -0.281. The third-order valence-electron chi connectivity index (χ3n) is 14.3. The number of fused-ring (bicyclic) bond motifs is 5. The summed E-state index contributed by atoms with van der Waals surface area (Å²) in [4.78, 5) is -2.19. The molecule has 0 saturated heterocycles. The van der Waals surface area contributed by atoms with Gasteiger partial charge in [0.25, 0.3) is 60.7 Å². The fourth-order valence-corrected chi connectivity index (χ4v) is 13.4. The van der Waals surface area contributed by atoms with Gasteiger partial charge < -0.3 is 33.5 Å². The highest BCUT2D eigenvalue weighted by Crippen LogP contribution is 2.47. The van der Waals surface area contributed by atoms with Crippen molar-refractivity contribution >= 4 is 150 Å². The number of nitrogens with zero attached hydrogens (tertiary/aromatic N) is 11. The molecule has 0 aliphatic rings. The van der Waals surface area contributed by atoms with E-state index in [0.717, 1.165) is 23.0 Å². The molecule has 1 aromatic heterocycles. The maximum absolute atomic E-state index is 13.0. The molecular weight excluding hydrogens is 1440 g/mol. The van der Waals surface area contributed by atoms with Crippen LogP contribution in [-0.2, 0) is 60.7 Å². The maximum atomic E-state index is 13.0. The van der Waals surface area contributed by atoms with E-state index >= 15 is 0 Å². The summed E-state index contributed by atoms with van der Waals surface area (Å²) in [5.41, 5.74) is -0.286. The Hall–Kier alpha value is -10.4. The van der Waals surface area contributed by atoms with E-state index in [9.17, 15) is 78.4 Å². The number of hydrogen-bond acceptors (Lipinski definition) is 29. The monoisotopic (exact) mass is 1490 g/mol. The molecule has 524 valence electrons. The van der Waals surface area contributed by atoms with Crippen LogP contribution in [0.1, 0.15) is 12.8 Å². The van der Waals surface area contributed by atoms with Crippen LogP contribution in [0.4, 0.5) is 45.5 Å². The van der Waals surface area contributed by atoms with Crippen molar-refractivity contribution in [2.75, 3.05) is 53.2 Å². The van der Waals surface area contributed by atoms with Crippen LogP contribution in [0, 0.1) is 0 Å². The van der Waals surface area contributed by atoms with Gasteiger partial charge in [0, 0.05) is 57.9 Å². The van der Waals surface area contributed by atoms with Gasteiger partial charge in [-0.25, -0.2) is 0 Å². The van der Waals surface area contributed by atoms with Crippen molar-refractivity contribution in [2.45, 2.75) is 32.4 Å². The number of aromatic hydroxyl groups is 1. The first-order chi connectivity index (χ1) is 47.0. The van der Waals surface area contributed by atoms with Crippen molar-refractivity contribution < 1.29 is 111 Å². The molecule has 0 amide bonds. The zero-order valence-corrected chi connectivity index (χ0v) is 56.5. The Labute approximate surface area is 566 Å². The highest BCUT2D eigenvalue weighted by atomic mass is 32.2. The molecule has 42 heteroatoms. The number of phenolic OH excluding ortho intramolecular Hbond substituents is 1. The molecular formula is C58H51N11O25S6. The minimum Gasteiger partial charge on any atom is -0.505 e. The number of methoxy groups -OCH3 is 4. The highest BCUT2D eigenvalue weighted by Gasteiger charge is 2.27. The second kappa shape index (κ2) is 28.5. The van der Waals surface area contributed by atoms with Crippen molar-refractivity contribution in [1.29, 1.82) is 0 Å². The van der Waals surface area contributed by atoms with Crippen LogP contribution >= 0.6 is 0 Å². The highest BCUT2D eigenvalue weighted by molar-refractivity contribution is 7.87. The molecule has 0 radical (unpaired) electrons. The molecule has 0 atom stereocenters. The summed E-state index contributed by atoms with van der Waals surface area (Å²) in [5, 5.41) is 54.2. The van der Waals surface area contributed by atoms with Crippen LogP contribution in [0.3, 0.4) is 0 Å². The van der Waals surface area contributed by atoms with Crippen molar-refractivity contribution in [3.8, 4) is 45.9 Å². The normalized spacial score (nSPS) is 12.9. The largest absolute Gasteiger partial charge is 0.505 e. The number of azo groups is 4. The summed E-state index contributed by atoms with van der Waals surface area (Å²) in [6, 6.07) is 25.4. The fourth-order valence-electron chi connectivity index (χ4n) is 9.73. The van der Waals surface area contributed by atoms with Crippen LogP contribution in [-0.4, -0.2) is 151 Å². The Morgan fingerprint density at radius 1 is 0.400 bits per heavy atom. The van der Waals surface area contributed by atoms with Crippen molar-refractivity contribution in [2.24, 2.45) is 40.9 Å². The fraction of sp³-hybridized carbons (Fsp3) is 0.172. The van der Waals surface area contributed by atoms with Gasteiger partial charge in [-0.2, -0.15) is 65.5 Å². The number of aromatic nitrogens is 3. The summed E-state index contributed by atoms with van der Waals surface area (Å²) >= 11 is 0. The Bertz CT molecular complexity index is 5840. The lowest BCUT2D eigenvalue weighted by Crippen LogP contribution is -2.09. The Morgan fingerprint density at radius 2 is 0.900 bits per heavy atom. The van der Waals surface area contributed by atoms with E-state index in [1.165, 1.54) is 126 Å². The second-order valence-electron chi connectivity index (χ2n) is 21.0. The molecule has 0 saturated carbocycles. The number of hydrogen-bond donors (Lipinski definition) is 7. The van der Waals surface area contributed by atoms with Gasteiger partial charge >= 0.3 is 0 Å². The topological polar surface area (TPSA) is 531 Å². The van der Waals surface area contributed by atoms with E-state index in [4.69, 9.17) is 33.0 Å². The van der Waals surface area contributed by atoms with E-state index < -0.39 is 103 Å². The molecule has 9 aromatic carbocycles. The lowest BCUT2D eigenvalue weighted by molar-refractivity contribution is 0.315. The summed E-state index contributed by atoms with van der Waals surface area (Å²) in [5.74, 6) is -1.95. The molecule has 0 spiro atoms. The number of phenols is 1. The van der Waals surface area contributed by atoms with E-state index in [-0.39, 0.29) is 149 Å². The Morgan fingerprint density at radius 3 is 1.43 bits per heavy atom. The quantitative estimate of drug-likeness (QED) is 0.0143. The molecule has 10 aromatic rings. The van der Waals surface area contributed by atoms with E-state index in [2.05, 4.69) is 51.1 Å². The second-order valence-corrected chi connectivity index (χ2v) is 29.7. The molecule has 1 heterocycles. The van der Waals surface area contributed by atoms with Gasteiger partial charge in [-0.15, -0.1) is 40.9 Å². The van der Waals surface area contributed by atoms with Gasteiger partial charge in [-0.05, 0) is 96.4 Å². The first-order valence-electron chi connectivity index (χ1n) is 28.1. The van der Waals surface area contributed by atoms with Gasteiger partial charge in [0.2, 0.25) is 0 Å². The molecule has 0 aliphatic carbocycles. The molecule has 0 unspecified atom stereocenters. The van der Waals surface area contributed by atoms with E-state index in [1.54, 1.807) is 0 Å². The predicted molar refractivity (Wildman–Crippen MR) is 354 cm³/mol. The van der Waals surface area contributed by atoms with Crippen molar-refractivity contribution in [3.05, 3.63) is 121 Å². The van der Waals surface area contributed by atoms with E-state index in [0.29, 0.717) is 6.07 Å². The smallest absolute Gasteiger partial charge is 0.296 e. The zero-order valence-electron chi connectivity index (χ0n) is 51.6. The Balaban J connectivity index is 0.907. The lowest BCUT2D eigenvalue weighted by Gasteiger charge is -2.12. The zero-order chi connectivity index (χ0) is 72.4. The van der Waals surface area contributed by atoms with Crippen molar-refractivity contribution in [3.63, 3.8) is 0 Å². The molecule has 10 rings (SSSR count). The van der Waals surface area contributed by atoms with Gasteiger partial charge in [0.05, 0.1) is 75.1 Å². The minimum absolute atomic E-state index is 0.00113. The lowest BCUT2D eigenvalue weighted by atomic mass is 10.1. The standard InChI is InChI=1S/C58H51N11O25S6/c1-89-48-28-45(49(90-2)27-44(48)62-61-42-13-9-34(23-52(42)94-16-6-18-96(74,75)76)60-59-33-8-7-31-20-36(93-15-5-17-95(71,72)73)24-53(40(31)22-33)98(80,81)82)63-64-46-29-51(92-4)47(30-50(46)91-3)65-66-57-55(100(86,87)88)21-32-19-35(10-11-38(32)58(57)70)69-67-43-14-12-39-41(56(43)68-69)25-37(97(77,78)79)26-54(39)99(83,84)85/h7-14,19-30,70H,5-6,15-18H2,1-4H3,(H,71,72,73)(H,74,75,76)(H,77,78,79)(H,80,81,82)(H,83,84,85)(H,86,87,88). The third kappa shape index (κ3) is 16.8. The van der Waals surface area contributed by atoms with Crippen LogP contribution in [0.5, 0.6) is 40.2 Å². The molecule has 7 N–H and O–H groups in total. The summed E-state index contributed by atoms with van der Waals surface area (Å²) in [6.45, 7) is -0.466. The minimum atomic E-state index is -5.21. The van der Waals surface area contributed by atoms with Crippen LogP contribution in [0.15, 0.2) is 182 Å². The summed E-state index contributed by atoms with van der Waals surface area (Å²) < 4.78 is 237. The molecule has 36 nitrogen and oxygen atoms in total. The van der Waals surface area contributed by atoms with Crippen LogP contribution in [0.25, 0.3) is 49.0 Å². The van der Waals surface area contributed by atoms with Gasteiger partial charge in [0.1, 0.15) is 94.3 Å².